The van der Waals surface area contributed by atoms with Crippen LogP contribution in [0.25, 0.3) is 0 Å². The summed E-state index contributed by atoms with van der Waals surface area (Å²) >= 11 is 0. The summed E-state index contributed by atoms with van der Waals surface area (Å²) in [6.45, 7) is 0.969. The van der Waals surface area contributed by atoms with Crippen molar-refractivity contribution in [3.8, 4) is 6.07 Å². The first-order valence-corrected chi connectivity index (χ1v) is 12.4. The van der Waals surface area contributed by atoms with E-state index in [1.165, 1.54) is 29.2 Å². The Morgan fingerprint density at radius 3 is 2.33 bits per heavy atom. The van der Waals surface area contributed by atoms with Gasteiger partial charge in [0.05, 0.1) is 36.1 Å². The molecule has 3 fully saturated rings. The molecule has 39 heavy (non-hydrogen) atoms. The van der Waals surface area contributed by atoms with E-state index >= 15 is 0 Å². The van der Waals surface area contributed by atoms with Gasteiger partial charge < -0.3 is 14.5 Å². The fraction of sp³-hybridized carbons (Fsp3) is 0.407. The molecule has 2 aromatic carbocycles. The SMILES string of the molecule is N#Cc1ccc(N2CC(=O)N(Cc3ccc(C(F)(F)F)cc3)[C@]3(C[C@H](C(=O)N4CCOCC4)C3)C2=O)c(F)c1. The molecule has 1 aliphatic carbocycles. The van der Waals surface area contributed by atoms with E-state index < -0.39 is 47.4 Å². The Labute approximate surface area is 221 Å². The van der Waals surface area contributed by atoms with Crippen LogP contribution in [-0.4, -0.2) is 65.9 Å². The molecule has 2 heterocycles. The second-order valence-corrected chi connectivity index (χ2v) is 9.92. The number of hydrogen-bond acceptors (Lipinski definition) is 5. The lowest BCUT2D eigenvalue weighted by molar-refractivity contribution is -0.168. The number of morpholine rings is 1. The lowest BCUT2D eigenvalue weighted by atomic mass is 9.64. The first-order valence-electron chi connectivity index (χ1n) is 12.4. The average Bonchev–Trinajstić information content (AvgIpc) is 2.90. The van der Waals surface area contributed by atoms with E-state index in [9.17, 15) is 31.9 Å². The molecule has 0 N–H and O–H groups in total. The number of nitriles is 1. The van der Waals surface area contributed by atoms with Crippen molar-refractivity contribution in [1.82, 2.24) is 9.80 Å². The topological polar surface area (TPSA) is 93.9 Å². The van der Waals surface area contributed by atoms with Crippen LogP contribution < -0.4 is 4.90 Å². The van der Waals surface area contributed by atoms with Crippen molar-refractivity contribution in [3.63, 3.8) is 0 Å². The first-order chi connectivity index (χ1) is 18.5. The Hall–Kier alpha value is -3.98. The molecule has 0 bridgehead atoms. The second kappa shape index (κ2) is 9.96. The summed E-state index contributed by atoms with van der Waals surface area (Å²) in [5.41, 5.74) is -2.05. The van der Waals surface area contributed by atoms with E-state index in [1.54, 1.807) is 4.90 Å². The van der Waals surface area contributed by atoms with Gasteiger partial charge in [0.2, 0.25) is 11.8 Å². The number of carbonyl (C=O) groups excluding carboxylic acids is 3. The number of nitrogens with zero attached hydrogens (tertiary/aromatic N) is 4. The summed E-state index contributed by atoms with van der Waals surface area (Å²) in [5, 5.41) is 9.05. The lowest BCUT2D eigenvalue weighted by Gasteiger charge is -2.57. The number of rotatable bonds is 4. The van der Waals surface area contributed by atoms with Gasteiger partial charge in [-0.2, -0.15) is 18.4 Å². The number of carbonyl (C=O) groups is 3. The molecule has 204 valence electrons. The Morgan fingerprint density at radius 2 is 1.74 bits per heavy atom. The van der Waals surface area contributed by atoms with Crippen molar-refractivity contribution in [1.29, 1.82) is 5.26 Å². The van der Waals surface area contributed by atoms with Crippen molar-refractivity contribution in [2.24, 2.45) is 5.92 Å². The summed E-state index contributed by atoms with van der Waals surface area (Å²) in [6.07, 6.45) is -4.52. The van der Waals surface area contributed by atoms with E-state index in [2.05, 4.69) is 0 Å². The maximum atomic E-state index is 14.9. The molecule has 12 heteroatoms. The summed E-state index contributed by atoms with van der Waals surface area (Å²) in [5.74, 6) is -2.68. The number of amides is 3. The fourth-order valence-electron chi connectivity index (χ4n) is 5.48. The largest absolute Gasteiger partial charge is 0.416 e. The highest BCUT2D eigenvalue weighted by Crippen LogP contribution is 2.48. The van der Waals surface area contributed by atoms with Gasteiger partial charge in [-0.15, -0.1) is 0 Å². The molecule has 0 aromatic heterocycles. The Bertz CT molecular complexity index is 1340. The van der Waals surface area contributed by atoms with E-state index in [1.807, 2.05) is 6.07 Å². The fourth-order valence-corrected chi connectivity index (χ4v) is 5.48. The number of hydrogen-bond donors (Lipinski definition) is 0. The maximum Gasteiger partial charge on any atom is 0.416 e. The zero-order valence-electron chi connectivity index (χ0n) is 20.7. The normalized spacial score (nSPS) is 23.6. The summed E-state index contributed by atoms with van der Waals surface area (Å²) in [6, 6.07) is 9.68. The molecule has 8 nitrogen and oxygen atoms in total. The predicted octanol–water partition coefficient (Wildman–Crippen LogP) is 3.10. The van der Waals surface area contributed by atoms with Crippen molar-refractivity contribution in [2.45, 2.75) is 31.1 Å². The zero-order valence-corrected chi connectivity index (χ0v) is 20.7. The van der Waals surface area contributed by atoms with Crippen LogP contribution in [0.5, 0.6) is 0 Å². The molecule has 3 aliphatic rings. The number of alkyl halides is 3. The number of piperazine rings is 1. The molecule has 1 saturated carbocycles. The van der Waals surface area contributed by atoms with Crippen LogP contribution in [0.2, 0.25) is 0 Å². The molecular weight excluding hydrogens is 520 g/mol. The number of anilines is 1. The number of halogens is 4. The lowest BCUT2D eigenvalue weighted by Crippen LogP contribution is -2.74. The van der Waals surface area contributed by atoms with Gasteiger partial charge in [0.15, 0.2) is 0 Å². The standard InChI is InChI=1S/C27H24F4N4O4/c28-21-11-18(14-32)3-6-22(21)34-16-23(36)35(15-17-1-4-20(5-2-17)27(29,30)31)26(25(34)38)12-19(13-26)24(37)33-7-9-39-10-8-33/h1-6,11,19H,7-10,12-13,15-16H2/t19-,26-. The van der Waals surface area contributed by atoms with Crippen molar-refractivity contribution in [3.05, 3.63) is 65.0 Å². The third kappa shape index (κ3) is 4.83. The summed E-state index contributed by atoms with van der Waals surface area (Å²) in [4.78, 5) is 44.4. The van der Waals surface area contributed by atoms with Crippen LogP contribution in [0.4, 0.5) is 23.2 Å². The van der Waals surface area contributed by atoms with Crippen LogP contribution in [0.1, 0.15) is 29.5 Å². The summed E-state index contributed by atoms with van der Waals surface area (Å²) in [7, 11) is 0. The Morgan fingerprint density at radius 1 is 1.08 bits per heavy atom. The highest BCUT2D eigenvalue weighted by atomic mass is 19.4. The molecule has 3 amide bonds. The van der Waals surface area contributed by atoms with Gasteiger partial charge in [-0.25, -0.2) is 4.39 Å². The van der Waals surface area contributed by atoms with Crippen LogP contribution in [-0.2, 0) is 31.8 Å². The van der Waals surface area contributed by atoms with Crippen molar-refractivity contribution in [2.75, 3.05) is 37.7 Å². The molecule has 2 aliphatic heterocycles. The first kappa shape index (κ1) is 26.6. The van der Waals surface area contributed by atoms with E-state index in [0.717, 1.165) is 23.1 Å². The van der Waals surface area contributed by atoms with Crippen LogP contribution in [0.3, 0.4) is 0 Å². The van der Waals surface area contributed by atoms with Gasteiger partial charge in [-0.1, -0.05) is 12.1 Å². The van der Waals surface area contributed by atoms with Crippen molar-refractivity contribution >= 4 is 23.4 Å². The maximum absolute atomic E-state index is 14.9. The van der Waals surface area contributed by atoms with Crippen molar-refractivity contribution < 1.29 is 36.7 Å². The third-order valence-electron chi connectivity index (χ3n) is 7.58. The second-order valence-electron chi connectivity index (χ2n) is 9.92. The van der Waals surface area contributed by atoms with Crippen LogP contribution >= 0.6 is 0 Å². The van der Waals surface area contributed by atoms with E-state index in [-0.39, 0.29) is 36.5 Å². The van der Waals surface area contributed by atoms with Crippen LogP contribution in [0, 0.1) is 23.1 Å². The van der Waals surface area contributed by atoms with Gasteiger partial charge >= 0.3 is 6.18 Å². The van der Waals surface area contributed by atoms with Gasteiger partial charge in [0.25, 0.3) is 5.91 Å². The number of ether oxygens (including phenoxy) is 1. The van der Waals surface area contributed by atoms with Gasteiger partial charge in [0.1, 0.15) is 17.9 Å². The van der Waals surface area contributed by atoms with E-state index in [4.69, 9.17) is 10.00 Å². The molecule has 2 saturated heterocycles. The monoisotopic (exact) mass is 544 g/mol. The molecule has 0 radical (unpaired) electrons. The smallest absolute Gasteiger partial charge is 0.378 e. The van der Waals surface area contributed by atoms with Gasteiger partial charge in [-0.05, 0) is 48.7 Å². The molecular formula is C27H24F4N4O4. The quantitative estimate of drug-likeness (QED) is 0.552. The molecule has 0 atom stereocenters. The zero-order chi connectivity index (χ0) is 27.9. The Kier molecular flexibility index (Phi) is 6.80. The number of benzene rings is 2. The highest BCUT2D eigenvalue weighted by molar-refractivity contribution is 6.10. The molecule has 1 spiro atoms. The minimum atomic E-state index is -4.52. The minimum absolute atomic E-state index is 0.00277. The third-order valence-corrected chi connectivity index (χ3v) is 7.58. The molecule has 2 aromatic rings. The highest BCUT2D eigenvalue weighted by Gasteiger charge is 2.62. The van der Waals surface area contributed by atoms with Gasteiger partial charge in [0, 0.05) is 25.6 Å². The van der Waals surface area contributed by atoms with Gasteiger partial charge in [-0.3, -0.25) is 19.3 Å². The minimum Gasteiger partial charge on any atom is -0.378 e. The van der Waals surface area contributed by atoms with Crippen LogP contribution in [0.15, 0.2) is 42.5 Å². The summed E-state index contributed by atoms with van der Waals surface area (Å²) < 4.78 is 59.3. The molecule has 0 unspecified atom stereocenters. The predicted molar refractivity (Wildman–Crippen MR) is 128 cm³/mol. The van der Waals surface area contributed by atoms with E-state index in [0.29, 0.717) is 31.9 Å². The molecule has 5 rings (SSSR count). The average molecular weight is 545 g/mol. The Balaban J connectivity index is 1.45.